The Morgan fingerprint density at radius 3 is 1.62 bits per heavy atom. The number of nitrogens with zero attached hydrogens (tertiary/aromatic N) is 1. The molecule has 0 aliphatic heterocycles. The smallest absolute Gasteiger partial charge is 0.134 e. The topological polar surface area (TPSA) is 14.2 Å². The van der Waals surface area contributed by atoms with Gasteiger partial charge in [-0.05, 0) is 60.0 Å². The van der Waals surface area contributed by atoms with Gasteiger partial charge in [0.25, 0.3) is 0 Å². The van der Waals surface area contributed by atoms with Crippen LogP contribution in [0.15, 0.2) is 115 Å². The number of benzene rings is 5. The third-order valence-corrected chi connectivity index (χ3v) is 6.54. The van der Waals surface area contributed by atoms with Gasteiger partial charge in [-0.3, -0.25) is 0 Å². The summed E-state index contributed by atoms with van der Waals surface area (Å²) in [5.41, 5.74) is 9.32. The lowest BCUT2D eigenvalue weighted by molar-refractivity contribution is 0.418. The molecule has 0 N–H and O–H groups in total. The van der Waals surface area contributed by atoms with Crippen LogP contribution in [0.2, 0.25) is 0 Å². The van der Waals surface area contributed by atoms with Gasteiger partial charge in [0.1, 0.15) is 5.75 Å². The quantitative estimate of drug-likeness (QED) is 0.269. The first-order valence-electron chi connectivity index (χ1n) is 11.6. The number of ether oxygens (including phenoxy) is 1. The Balaban J connectivity index is 1.51. The molecule has 0 atom stereocenters. The second-order valence-corrected chi connectivity index (χ2v) is 8.68. The summed E-state index contributed by atoms with van der Waals surface area (Å²) in [5.74, 6) is 0.904. The first kappa shape index (κ1) is 20.3. The van der Waals surface area contributed by atoms with E-state index in [1.807, 2.05) is 6.07 Å². The standard InChI is InChI=1S/C32H25NO/c1-22-20-28(23-10-4-3-5-11-23)32(34-2)29(21-22)24-16-18-25(19-17-24)33-30-14-8-6-12-26(30)27-13-7-9-15-31(27)33/h3-21H,1-2H3. The van der Waals surface area contributed by atoms with Gasteiger partial charge in [0.05, 0.1) is 18.1 Å². The minimum absolute atomic E-state index is 0.904. The van der Waals surface area contributed by atoms with Gasteiger partial charge in [0.2, 0.25) is 0 Å². The van der Waals surface area contributed by atoms with Crippen LogP contribution in [0.4, 0.5) is 0 Å². The van der Waals surface area contributed by atoms with Gasteiger partial charge in [-0.25, -0.2) is 0 Å². The van der Waals surface area contributed by atoms with E-state index in [0.29, 0.717) is 0 Å². The van der Waals surface area contributed by atoms with Crippen molar-refractivity contribution in [2.45, 2.75) is 6.92 Å². The van der Waals surface area contributed by atoms with Gasteiger partial charge < -0.3 is 9.30 Å². The van der Waals surface area contributed by atoms with Gasteiger partial charge in [-0.15, -0.1) is 0 Å². The van der Waals surface area contributed by atoms with Crippen LogP contribution < -0.4 is 4.74 Å². The van der Waals surface area contributed by atoms with Gasteiger partial charge in [-0.1, -0.05) is 78.9 Å². The Hall–Kier alpha value is -4.30. The van der Waals surface area contributed by atoms with Crippen molar-refractivity contribution < 1.29 is 4.74 Å². The molecule has 164 valence electrons. The zero-order chi connectivity index (χ0) is 23.1. The van der Waals surface area contributed by atoms with Gasteiger partial charge in [0.15, 0.2) is 0 Å². The van der Waals surface area contributed by atoms with E-state index in [4.69, 9.17) is 4.74 Å². The summed E-state index contributed by atoms with van der Waals surface area (Å²) in [7, 11) is 1.76. The van der Waals surface area contributed by atoms with Gasteiger partial charge >= 0.3 is 0 Å². The van der Waals surface area contributed by atoms with E-state index >= 15 is 0 Å². The molecule has 0 bridgehead atoms. The highest BCUT2D eigenvalue weighted by atomic mass is 16.5. The highest BCUT2D eigenvalue weighted by molar-refractivity contribution is 6.09. The third kappa shape index (κ3) is 3.27. The van der Waals surface area contributed by atoms with Crippen LogP contribution in [-0.4, -0.2) is 11.7 Å². The van der Waals surface area contributed by atoms with Crippen molar-refractivity contribution in [1.29, 1.82) is 0 Å². The SMILES string of the molecule is COc1c(-c2ccccc2)cc(C)cc1-c1ccc(-n2c3ccccc3c3ccccc32)cc1. The van der Waals surface area contributed by atoms with Gasteiger partial charge in [-0.2, -0.15) is 0 Å². The molecule has 6 aromatic rings. The molecule has 0 aliphatic carbocycles. The second-order valence-electron chi connectivity index (χ2n) is 8.68. The second kappa shape index (κ2) is 8.24. The average molecular weight is 440 g/mol. The largest absolute Gasteiger partial charge is 0.495 e. The van der Waals surface area contributed by atoms with Crippen LogP contribution in [0.25, 0.3) is 49.7 Å². The Labute approximate surface area is 199 Å². The predicted octanol–water partition coefficient (Wildman–Crippen LogP) is 8.43. The Kier molecular flexibility index (Phi) is 4.92. The minimum atomic E-state index is 0.904. The van der Waals surface area contributed by atoms with E-state index in [9.17, 15) is 0 Å². The van der Waals surface area contributed by atoms with Crippen molar-refractivity contribution in [2.75, 3.05) is 7.11 Å². The third-order valence-electron chi connectivity index (χ3n) is 6.54. The fourth-order valence-electron chi connectivity index (χ4n) is 5.03. The monoisotopic (exact) mass is 439 g/mol. The summed E-state index contributed by atoms with van der Waals surface area (Å²) in [6.07, 6.45) is 0. The molecular weight excluding hydrogens is 414 g/mol. The number of aromatic nitrogens is 1. The van der Waals surface area contributed by atoms with E-state index in [2.05, 4.69) is 121 Å². The van der Waals surface area contributed by atoms with Crippen molar-refractivity contribution in [3.8, 4) is 33.7 Å². The first-order chi connectivity index (χ1) is 16.7. The average Bonchev–Trinajstić information content (AvgIpc) is 3.23. The molecule has 0 aliphatic rings. The zero-order valence-corrected chi connectivity index (χ0v) is 19.3. The summed E-state index contributed by atoms with van der Waals surface area (Å²) in [4.78, 5) is 0. The molecule has 0 amide bonds. The van der Waals surface area contributed by atoms with Crippen molar-refractivity contribution in [1.82, 2.24) is 4.57 Å². The van der Waals surface area contributed by atoms with Crippen LogP contribution in [0, 0.1) is 6.92 Å². The molecule has 0 radical (unpaired) electrons. The molecule has 0 saturated heterocycles. The molecule has 0 fully saturated rings. The number of fused-ring (bicyclic) bond motifs is 3. The summed E-state index contributed by atoms with van der Waals surface area (Å²) >= 11 is 0. The highest BCUT2D eigenvalue weighted by Crippen LogP contribution is 2.40. The van der Waals surface area contributed by atoms with Gasteiger partial charge in [0, 0.05) is 27.6 Å². The number of hydrogen-bond donors (Lipinski definition) is 0. The van der Waals surface area contributed by atoms with E-state index in [-0.39, 0.29) is 0 Å². The molecule has 5 aromatic carbocycles. The lowest BCUT2D eigenvalue weighted by atomic mass is 9.94. The van der Waals surface area contributed by atoms with Crippen molar-refractivity contribution >= 4 is 21.8 Å². The fourth-order valence-corrected chi connectivity index (χ4v) is 5.03. The summed E-state index contributed by atoms with van der Waals surface area (Å²) in [6, 6.07) is 40.9. The molecule has 1 aromatic heterocycles. The number of aryl methyl sites for hydroxylation is 1. The number of hydrogen-bond acceptors (Lipinski definition) is 1. The maximum Gasteiger partial charge on any atom is 0.134 e. The maximum absolute atomic E-state index is 5.95. The first-order valence-corrected chi connectivity index (χ1v) is 11.6. The lowest BCUT2D eigenvalue weighted by Gasteiger charge is -2.16. The Bertz CT molecular complexity index is 1570. The molecule has 0 unspecified atom stereocenters. The molecule has 0 spiro atoms. The summed E-state index contributed by atoms with van der Waals surface area (Å²) in [6.45, 7) is 2.14. The van der Waals surface area contributed by atoms with E-state index in [0.717, 1.165) is 33.7 Å². The van der Waals surface area contributed by atoms with Crippen LogP contribution in [0.1, 0.15) is 5.56 Å². The maximum atomic E-state index is 5.95. The van der Waals surface area contributed by atoms with Crippen LogP contribution in [0.5, 0.6) is 5.75 Å². The predicted molar refractivity (Wildman–Crippen MR) is 143 cm³/mol. The van der Waals surface area contributed by atoms with Crippen LogP contribution in [0.3, 0.4) is 0 Å². The van der Waals surface area contributed by atoms with E-state index in [1.54, 1.807) is 7.11 Å². The minimum Gasteiger partial charge on any atom is -0.495 e. The summed E-state index contributed by atoms with van der Waals surface area (Å²) < 4.78 is 8.30. The van der Waals surface area contributed by atoms with E-state index in [1.165, 1.54) is 27.4 Å². The zero-order valence-electron chi connectivity index (χ0n) is 19.3. The summed E-state index contributed by atoms with van der Waals surface area (Å²) in [5, 5.41) is 2.55. The van der Waals surface area contributed by atoms with Crippen LogP contribution in [-0.2, 0) is 0 Å². The molecular formula is C32H25NO. The van der Waals surface area contributed by atoms with Crippen molar-refractivity contribution in [3.05, 3.63) is 121 Å². The van der Waals surface area contributed by atoms with E-state index < -0.39 is 0 Å². The normalized spacial score (nSPS) is 11.2. The molecule has 2 heteroatoms. The Morgan fingerprint density at radius 2 is 1.06 bits per heavy atom. The highest BCUT2D eigenvalue weighted by Gasteiger charge is 2.15. The molecule has 0 saturated carbocycles. The van der Waals surface area contributed by atoms with Crippen LogP contribution >= 0.6 is 0 Å². The number of rotatable bonds is 4. The lowest BCUT2D eigenvalue weighted by Crippen LogP contribution is -1.95. The fraction of sp³-hybridized carbons (Fsp3) is 0.0625. The van der Waals surface area contributed by atoms with Crippen molar-refractivity contribution in [2.24, 2.45) is 0 Å². The number of methoxy groups -OCH3 is 1. The molecule has 1 heterocycles. The molecule has 6 rings (SSSR count). The van der Waals surface area contributed by atoms with Crippen molar-refractivity contribution in [3.63, 3.8) is 0 Å². The molecule has 34 heavy (non-hydrogen) atoms. The Morgan fingerprint density at radius 1 is 0.559 bits per heavy atom. The number of para-hydroxylation sites is 2. The molecule has 2 nitrogen and oxygen atoms in total.